The van der Waals surface area contributed by atoms with Crippen LogP contribution < -0.4 is 5.32 Å². The van der Waals surface area contributed by atoms with E-state index in [2.05, 4.69) is 5.32 Å². The van der Waals surface area contributed by atoms with Crippen LogP contribution in [0.2, 0.25) is 0 Å². The van der Waals surface area contributed by atoms with Crippen LogP contribution in [-0.2, 0) is 11.3 Å². The summed E-state index contributed by atoms with van der Waals surface area (Å²) in [5.41, 5.74) is 0. The van der Waals surface area contributed by atoms with Crippen LogP contribution in [0.15, 0.2) is 17.5 Å². The van der Waals surface area contributed by atoms with Gasteiger partial charge in [-0.1, -0.05) is 13.0 Å². The molecule has 1 N–H and O–H groups in total. The Morgan fingerprint density at radius 3 is 3.00 bits per heavy atom. The quantitative estimate of drug-likeness (QED) is 0.918. The molecule has 0 radical (unpaired) electrons. The summed E-state index contributed by atoms with van der Waals surface area (Å²) in [6.45, 7) is 3.89. The Kier molecular flexibility index (Phi) is 3.76. The molecule has 0 bridgehead atoms. The summed E-state index contributed by atoms with van der Waals surface area (Å²) in [7, 11) is 0. The van der Waals surface area contributed by atoms with Crippen molar-refractivity contribution in [3.8, 4) is 0 Å². The Morgan fingerprint density at radius 2 is 2.30 bits per heavy atom. The number of hydrogen-bond donors (Lipinski definition) is 1. The summed E-state index contributed by atoms with van der Waals surface area (Å²) in [6.07, 6.45) is 1.65. The number of amides is 3. The summed E-state index contributed by atoms with van der Waals surface area (Å²) in [4.78, 5) is 29.4. The highest BCUT2D eigenvalue weighted by molar-refractivity contribution is 7.09. The van der Waals surface area contributed by atoms with Gasteiger partial charge in [0.2, 0.25) is 5.91 Å². The normalized spacial score (nSPS) is 26.2. The molecule has 6 heteroatoms. The highest BCUT2D eigenvalue weighted by Gasteiger charge is 2.47. The molecule has 3 heterocycles. The fraction of sp³-hybridized carbons (Fsp3) is 0.571. The Hall–Kier alpha value is -1.40. The molecular formula is C14H19N3O2S. The molecular weight excluding hydrogens is 274 g/mol. The first-order valence-corrected chi connectivity index (χ1v) is 7.98. The second kappa shape index (κ2) is 5.54. The number of nitrogens with zero attached hydrogens (tertiary/aromatic N) is 2. The van der Waals surface area contributed by atoms with Crippen LogP contribution in [0.3, 0.4) is 0 Å². The second-order valence-electron chi connectivity index (χ2n) is 5.27. The fourth-order valence-electron chi connectivity index (χ4n) is 3.02. The standard InChI is InChI=1S/C14H19N3O2S/c1-2-7-16-13(18)12-11(5-6-15-12)17(14(16)19)9-10-4-3-8-20-10/h3-4,8,11-12,15H,2,5-7,9H2,1H3. The number of imide groups is 1. The molecule has 2 fully saturated rings. The van der Waals surface area contributed by atoms with Crippen molar-refractivity contribution in [3.63, 3.8) is 0 Å². The van der Waals surface area contributed by atoms with E-state index in [4.69, 9.17) is 0 Å². The molecule has 1 aromatic heterocycles. The smallest absolute Gasteiger partial charge is 0.314 e. The van der Waals surface area contributed by atoms with E-state index >= 15 is 0 Å². The zero-order valence-corrected chi connectivity index (χ0v) is 12.4. The van der Waals surface area contributed by atoms with Gasteiger partial charge in [0.15, 0.2) is 0 Å². The molecule has 3 rings (SSSR count). The minimum Gasteiger partial charge on any atom is -0.314 e. The summed E-state index contributed by atoms with van der Waals surface area (Å²) < 4.78 is 0. The maximum absolute atomic E-state index is 12.6. The van der Waals surface area contributed by atoms with Gasteiger partial charge in [0.05, 0.1) is 12.6 Å². The van der Waals surface area contributed by atoms with E-state index in [-0.39, 0.29) is 24.0 Å². The molecule has 2 saturated heterocycles. The van der Waals surface area contributed by atoms with E-state index in [1.165, 1.54) is 4.90 Å². The van der Waals surface area contributed by atoms with Gasteiger partial charge in [-0.05, 0) is 30.8 Å². The lowest BCUT2D eigenvalue weighted by Gasteiger charge is -2.41. The summed E-state index contributed by atoms with van der Waals surface area (Å²) in [5.74, 6) is -0.0539. The van der Waals surface area contributed by atoms with Gasteiger partial charge in [0.1, 0.15) is 6.04 Å². The number of thiophene rings is 1. The number of nitrogens with one attached hydrogen (secondary N) is 1. The average molecular weight is 293 g/mol. The minimum absolute atomic E-state index is 0.00482. The summed E-state index contributed by atoms with van der Waals surface area (Å²) in [6, 6.07) is 3.68. The fourth-order valence-corrected chi connectivity index (χ4v) is 3.72. The molecule has 2 atom stereocenters. The lowest BCUT2D eigenvalue weighted by Crippen LogP contribution is -2.64. The molecule has 5 nitrogen and oxygen atoms in total. The highest BCUT2D eigenvalue weighted by Crippen LogP contribution is 2.27. The van der Waals surface area contributed by atoms with Crippen LogP contribution in [-0.4, -0.2) is 46.9 Å². The predicted octanol–water partition coefficient (Wildman–Crippen LogP) is 1.65. The molecule has 3 amide bonds. The van der Waals surface area contributed by atoms with Gasteiger partial charge in [-0.25, -0.2) is 4.79 Å². The van der Waals surface area contributed by atoms with Gasteiger partial charge in [-0.3, -0.25) is 9.69 Å². The SMILES string of the molecule is CCCN1C(=O)C2NCCC2N(Cc2cccs2)C1=O. The van der Waals surface area contributed by atoms with Gasteiger partial charge in [-0.15, -0.1) is 11.3 Å². The van der Waals surface area contributed by atoms with Crippen molar-refractivity contribution in [2.24, 2.45) is 0 Å². The third kappa shape index (κ3) is 2.23. The van der Waals surface area contributed by atoms with Crippen molar-refractivity contribution in [1.29, 1.82) is 0 Å². The number of hydrogen-bond acceptors (Lipinski definition) is 4. The molecule has 0 saturated carbocycles. The maximum atomic E-state index is 12.6. The topological polar surface area (TPSA) is 52.7 Å². The number of carbonyl (C=O) groups is 2. The summed E-state index contributed by atoms with van der Waals surface area (Å²) in [5, 5.41) is 5.26. The molecule has 108 valence electrons. The van der Waals surface area contributed by atoms with Crippen molar-refractivity contribution < 1.29 is 9.59 Å². The molecule has 0 spiro atoms. The second-order valence-corrected chi connectivity index (χ2v) is 6.30. The molecule has 2 aliphatic heterocycles. The Labute approximate surface area is 122 Å². The third-order valence-corrected chi connectivity index (χ3v) is 4.81. The zero-order chi connectivity index (χ0) is 14.1. The van der Waals surface area contributed by atoms with Crippen molar-refractivity contribution in [1.82, 2.24) is 15.1 Å². The average Bonchev–Trinajstić information content (AvgIpc) is 3.10. The number of rotatable bonds is 4. The van der Waals surface area contributed by atoms with Crippen LogP contribution in [0, 0.1) is 0 Å². The van der Waals surface area contributed by atoms with Crippen LogP contribution >= 0.6 is 11.3 Å². The molecule has 0 aromatic carbocycles. The van der Waals surface area contributed by atoms with Gasteiger partial charge >= 0.3 is 6.03 Å². The highest BCUT2D eigenvalue weighted by atomic mass is 32.1. The number of carbonyl (C=O) groups excluding carboxylic acids is 2. The minimum atomic E-state index is -0.223. The van der Waals surface area contributed by atoms with Crippen molar-refractivity contribution in [3.05, 3.63) is 22.4 Å². The Bertz CT molecular complexity index is 503. The van der Waals surface area contributed by atoms with Crippen molar-refractivity contribution in [2.75, 3.05) is 13.1 Å². The van der Waals surface area contributed by atoms with E-state index < -0.39 is 0 Å². The van der Waals surface area contributed by atoms with Crippen LogP contribution in [0.5, 0.6) is 0 Å². The van der Waals surface area contributed by atoms with Gasteiger partial charge in [0.25, 0.3) is 0 Å². The zero-order valence-electron chi connectivity index (χ0n) is 11.5. The molecule has 0 aliphatic carbocycles. The summed E-state index contributed by atoms with van der Waals surface area (Å²) >= 11 is 1.65. The van der Waals surface area contributed by atoms with Crippen LogP contribution in [0.4, 0.5) is 4.79 Å². The van der Waals surface area contributed by atoms with E-state index in [9.17, 15) is 9.59 Å². The van der Waals surface area contributed by atoms with Gasteiger partial charge in [-0.2, -0.15) is 0 Å². The van der Waals surface area contributed by atoms with Crippen LogP contribution in [0.25, 0.3) is 0 Å². The van der Waals surface area contributed by atoms with E-state index in [0.29, 0.717) is 13.1 Å². The Morgan fingerprint density at radius 1 is 1.45 bits per heavy atom. The monoisotopic (exact) mass is 293 g/mol. The molecule has 1 aromatic rings. The molecule has 2 aliphatic rings. The maximum Gasteiger partial charge on any atom is 0.327 e. The van der Waals surface area contributed by atoms with Crippen LogP contribution in [0.1, 0.15) is 24.6 Å². The molecule has 2 unspecified atom stereocenters. The number of fused-ring (bicyclic) bond motifs is 1. The van der Waals surface area contributed by atoms with E-state index in [1.54, 1.807) is 11.3 Å². The largest absolute Gasteiger partial charge is 0.327 e. The first-order valence-electron chi connectivity index (χ1n) is 7.10. The van der Waals surface area contributed by atoms with E-state index in [0.717, 1.165) is 24.3 Å². The van der Waals surface area contributed by atoms with Gasteiger partial charge < -0.3 is 10.2 Å². The first kappa shape index (κ1) is 13.6. The van der Waals surface area contributed by atoms with Crippen molar-refractivity contribution in [2.45, 2.75) is 38.4 Å². The third-order valence-electron chi connectivity index (χ3n) is 3.95. The first-order chi connectivity index (χ1) is 9.72. The van der Waals surface area contributed by atoms with Crippen molar-refractivity contribution >= 4 is 23.3 Å². The lowest BCUT2D eigenvalue weighted by molar-refractivity contribution is -0.134. The molecule has 20 heavy (non-hydrogen) atoms. The Balaban J connectivity index is 1.86. The lowest BCUT2D eigenvalue weighted by atomic mass is 10.0. The predicted molar refractivity (Wildman–Crippen MR) is 77.5 cm³/mol. The van der Waals surface area contributed by atoms with Gasteiger partial charge in [0, 0.05) is 11.4 Å². The van der Waals surface area contributed by atoms with E-state index in [1.807, 2.05) is 29.3 Å². The number of urea groups is 1.